The van der Waals surface area contributed by atoms with E-state index in [1.165, 1.54) is 25.7 Å². The SMILES string of the molecule is CCCNC(C)c1ncc(C2CCCC2)o1. The summed E-state index contributed by atoms with van der Waals surface area (Å²) in [6.07, 6.45) is 8.28. The molecule has 90 valence electrons. The number of hydrogen-bond acceptors (Lipinski definition) is 3. The summed E-state index contributed by atoms with van der Waals surface area (Å²) in [7, 11) is 0. The lowest BCUT2D eigenvalue weighted by Gasteiger charge is -2.09. The summed E-state index contributed by atoms with van der Waals surface area (Å²) in [6, 6.07) is 0.232. The van der Waals surface area contributed by atoms with Gasteiger partial charge in [-0.15, -0.1) is 0 Å². The van der Waals surface area contributed by atoms with E-state index in [9.17, 15) is 0 Å². The number of nitrogens with zero attached hydrogens (tertiary/aromatic N) is 1. The molecule has 16 heavy (non-hydrogen) atoms. The average molecular weight is 222 g/mol. The highest BCUT2D eigenvalue weighted by atomic mass is 16.4. The molecule has 0 amide bonds. The third-order valence-corrected chi connectivity index (χ3v) is 3.37. The van der Waals surface area contributed by atoms with Crippen molar-refractivity contribution in [3.8, 4) is 0 Å². The molecule has 1 unspecified atom stereocenters. The maximum atomic E-state index is 5.85. The van der Waals surface area contributed by atoms with Gasteiger partial charge in [-0.3, -0.25) is 0 Å². The molecule has 0 aliphatic heterocycles. The molecule has 0 aromatic carbocycles. The Morgan fingerprint density at radius 1 is 1.50 bits per heavy atom. The zero-order valence-corrected chi connectivity index (χ0v) is 10.3. The van der Waals surface area contributed by atoms with Gasteiger partial charge in [-0.25, -0.2) is 4.98 Å². The quantitative estimate of drug-likeness (QED) is 0.829. The van der Waals surface area contributed by atoms with Gasteiger partial charge < -0.3 is 9.73 Å². The van der Waals surface area contributed by atoms with Crippen molar-refractivity contribution in [2.24, 2.45) is 0 Å². The van der Waals surface area contributed by atoms with Gasteiger partial charge in [0, 0.05) is 5.92 Å². The largest absolute Gasteiger partial charge is 0.444 e. The van der Waals surface area contributed by atoms with Crippen molar-refractivity contribution in [3.63, 3.8) is 0 Å². The van der Waals surface area contributed by atoms with Crippen molar-refractivity contribution in [2.45, 2.75) is 57.9 Å². The predicted octanol–water partition coefficient (Wildman–Crippen LogP) is 3.39. The predicted molar refractivity (Wildman–Crippen MR) is 64.4 cm³/mol. The number of oxazole rings is 1. The van der Waals surface area contributed by atoms with E-state index < -0.39 is 0 Å². The molecule has 0 bridgehead atoms. The molecule has 1 atom stereocenters. The van der Waals surface area contributed by atoms with E-state index in [1.807, 2.05) is 6.20 Å². The lowest BCUT2D eigenvalue weighted by molar-refractivity contribution is 0.378. The summed E-state index contributed by atoms with van der Waals surface area (Å²) in [5.41, 5.74) is 0. The Kier molecular flexibility index (Phi) is 3.99. The number of nitrogens with one attached hydrogen (secondary N) is 1. The minimum Gasteiger partial charge on any atom is -0.444 e. The van der Waals surface area contributed by atoms with Crippen molar-refractivity contribution in [1.82, 2.24) is 10.3 Å². The number of hydrogen-bond donors (Lipinski definition) is 1. The van der Waals surface area contributed by atoms with Gasteiger partial charge in [0.1, 0.15) is 5.76 Å². The second kappa shape index (κ2) is 5.48. The third kappa shape index (κ3) is 2.64. The van der Waals surface area contributed by atoms with Crippen LogP contribution in [-0.2, 0) is 0 Å². The van der Waals surface area contributed by atoms with Gasteiger partial charge in [-0.1, -0.05) is 19.8 Å². The van der Waals surface area contributed by atoms with Gasteiger partial charge >= 0.3 is 0 Å². The minimum atomic E-state index is 0.232. The molecular weight excluding hydrogens is 200 g/mol. The fourth-order valence-electron chi connectivity index (χ4n) is 2.35. The molecule has 0 saturated heterocycles. The summed E-state index contributed by atoms with van der Waals surface area (Å²) in [4.78, 5) is 4.38. The van der Waals surface area contributed by atoms with Crippen LogP contribution < -0.4 is 5.32 Å². The van der Waals surface area contributed by atoms with Crippen LogP contribution >= 0.6 is 0 Å². The summed E-state index contributed by atoms with van der Waals surface area (Å²) in [5, 5.41) is 3.40. The van der Waals surface area contributed by atoms with E-state index in [0.29, 0.717) is 5.92 Å². The zero-order chi connectivity index (χ0) is 11.4. The molecule has 0 radical (unpaired) electrons. The second-order valence-corrected chi connectivity index (χ2v) is 4.76. The first-order valence-corrected chi connectivity index (χ1v) is 6.50. The molecule has 2 rings (SSSR count). The van der Waals surface area contributed by atoms with Crippen LogP contribution in [0.25, 0.3) is 0 Å². The van der Waals surface area contributed by atoms with Crippen molar-refractivity contribution < 1.29 is 4.42 Å². The first-order valence-electron chi connectivity index (χ1n) is 6.50. The van der Waals surface area contributed by atoms with Gasteiger partial charge in [-0.05, 0) is 32.7 Å². The maximum Gasteiger partial charge on any atom is 0.211 e. The zero-order valence-electron chi connectivity index (χ0n) is 10.3. The molecular formula is C13H22N2O. The second-order valence-electron chi connectivity index (χ2n) is 4.76. The highest BCUT2D eigenvalue weighted by Gasteiger charge is 2.22. The van der Waals surface area contributed by atoms with E-state index in [1.54, 1.807) is 0 Å². The first kappa shape index (κ1) is 11.6. The van der Waals surface area contributed by atoms with Gasteiger partial charge in [0.25, 0.3) is 0 Å². The highest BCUT2D eigenvalue weighted by molar-refractivity contribution is 5.05. The molecule has 1 saturated carbocycles. The first-order chi connectivity index (χ1) is 7.81. The minimum absolute atomic E-state index is 0.232. The molecule has 1 aliphatic carbocycles. The monoisotopic (exact) mass is 222 g/mol. The normalized spacial score (nSPS) is 19.1. The van der Waals surface area contributed by atoms with Crippen molar-refractivity contribution in [2.75, 3.05) is 6.54 Å². The standard InChI is InChI=1S/C13H22N2O/c1-3-8-14-10(2)13-15-9-12(16-13)11-6-4-5-7-11/h9-11,14H,3-8H2,1-2H3. The Morgan fingerprint density at radius 3 is 2.94 bits per heavy atom. The lowest BCUT2D eigenvalue weighted by Crippen LogP contribution is -2.19. The summed E-state index contributed by atoms with van der Waals surface area (Å²) < 4.78 is 5.85. The summed E-state index contributed by atoms with van der Waals surface area (Å²) in [6.45, 7) is 5.29. The van der Waals surface area contributed by atoms with Crippen molar-refractivity contribution >= 4 is 0 Å². The van der Waals surface area contributed by atoms with E-state index in [4.69, 9.17) is 4.42 Å². The topological polar surface area (TPSA) is 38.1 Å². The number of rotatable bonds is 5. The lowest BCUT2D eigenvalue weighted by atomic mass is 10.1. The molecule has 1 aromatic rings. The van der Waals surface area contributed by atoms with Crippen LogP contribution in [-0.4, -0.2) is 11.5 Å². The Bertz CT molecular complexity index is 315. The van der Waals surface area contributed by atoms with Crippen LogP contribution in [0.3, 0.4) is 0 Å². The molecule has 1 aliphatic rings. The average Bonchev–Trinajstić information content (AvgIpc) is 2.94. The third-order valence-electron chi connectivity index (χ3n) is 3.37. The summed E-state index contributed by atoms with van der Waals surface area (Å²) >= 11 is 0. The van der Waals surface area contributed by atoms with Crippen molar-refractivity contribution in [1.29, 1.82) is 0 Å². The maximum absolute atomic E-state index is 5.85. The molecule has 1 fully saturated rings. The van der Waals surface area contributed by atoms with E-state index >= 15 is 0 Å². The smallest absolute Gasteiger partial charge is 0.211 e. The number of aromatic nitrogens is 1. The van der Waals surface area contributed by atoms with Crippen LogP contribution in [0.2, 0.25) is 0 Å². The van der Waals surface area contributed by atoms with Gasteiger partial charge in [-0.2, -0.15) is 0 Å². The molecule has 3 nitrogen and oxygen atoms in total. The Hall–Kier alpha value is -0.830. The molecule has 1 N–H and O–H groups in total. The Morgan fingerprint density at radius 2 is 2.25 bits per heavy atom. The highest BCUT2D eigenvalue weighted by Crippen LogP contribution is 2.34. The van der Waals surface area contributed by atoms with Gasteiger partial charge in [0.05, 0.1) is 12.2 Å². The molecule has 1 heterocycles. The van der Waals surface area contributed by atoms with E-state index in [2.05, 4.69) is 24.1 Å². The Balaban J connectivity index is 1.95. The molecule has 1 aromatic heterocycles. The van der Waals surface area contributed by atoms with Crippen LogP contribution in [0.15, 0.2) is 10.6 Å². The van der Waals surface area contributed by atoms with Crippen LogP contribution in [0.4, 0.5) is 0 Å². The van der Waals surface area contributed by atoms with E-state index in [0.717, 1.165) is 24.6 Å². The Labute approximate surface area is 97.6 Å². The van der Waals surface area contributed by atoms with Crippen LogP contribution in [0.1, 0.15) is 69.6 Å². The fraction of sp³-hybridized carbons (Fsp3) is 0.769. The van der Waals surface area contributed by atoms with Gasteiger partial charge in [0.2, 0.25) is 5.89 Å². The molecule has 0 spiro atoms. The van der Waals surface area contributed by atoms with Gasteiger partial charge in [0.15, 0.2) is 0 Å². The molecule has 3 heteroatoms. The van der Waals surface area contributed by atoms with Crippen LogP contribution in [0.5, 0.6) is 0 Å². The summed E-state index contributed by atoms with van der Waals surface area (Å²) in [5.74, 6) is 2.56. The van der Waals surface area contributed by atoms with E-state index in [-0.39, 0.29) is 6.04 Å². The van der Waals surface area contributed by atoms with Crippen molar-refractivity contribution in [3.05, 3.63) is 17.8 Å². The fourth-order valence-corrected chi connectivity index (χ4v) is 2.35. The van der Waals surface area contributed by atoms with Crippen LogP contribution in [0, 0.1) is 0 Å².